The predicted octanol–water partition coefficient (Wildman–Crippen LogP) is 4.07. The molecule has 2 heterocycles. The third-order valence-electron chi connectivity index (χ3n) is 5.36. The molecule has 1 aromatic heterocycles. The first kappa shape index (κ1) is 20.2. The molecule has 0 aliphatic carbocycles. The molecule has 1 fully saturated rings. The molecule has 0 amide bonds. The monoisotopic (exact) mass is 379 g/mol. The third-order valence-corrected chi connectivity index (χ3v) is 5.36. The van der Waals surface area contributed by atoms with Crippen LogP contribution in [-0.2, 0) is 0 Å². The Labute approximate surface area is 167 Å². The molecule has 6 heteroatoms. The normalized spacial score (nSPS) is 17.6. The second-order valence-electron chi connectivity index (χ2n) is 7.12. The summed E-state index contributed by atoms with van der Waals surface area (Å²) in [5, 5.41) is 9.63. The number of hydrogen-bond donors (Lipinski definition) is 1. The predicted molar refractivity (Wildman–Crippen MR) is 117 cm³/mol. The van der Waals surface area contributed by atoms with Crippen molar-refractivity contribution >= 4 is 30.1 Å². The average Bonchev–Trinajstić information content (AvgIpc) is 2.74. The topological polar surface area (TPSA) is 64.3 Å². The Morgan fingerprint density at radius 1 is 1.07 bits per heavy atom. The first-order valence-electron chi connectivity index (χ1n) is 9.76. The Morgan fingerprint density at radius 2 is 1.79 bits per heavy atom. The van der Waals surface area contributed by atoms with Crippen LogP contribution in [-0.4, -0.2) is 54.1 Å². The number of nitrogens with zero attached hydrogens (tertiary/aromatic N) is 5. The average molecular weight is 380 g/mol. The standard InChI is InChI=1S/C22H29N5O/c1-5-24-20-8-6-18(14-21(20)23-4)16(2)26-10-12-27(13-11-26)22-9-7-19(15-25-22)17(3)28/h5-9,14-17,28H,4,10-13H2,1-3H3. The Balaban J connectivity index is 1.65. The molecule has 6 nitrogen and oxygen atoms in total. The van der Waals surface area contributed by atoms with Gasteiger partial charge in [0, 0.05) is 44.6 Å². The molecule has 148 valence electrons. The van der Waals surface area contributed by atoms with Crippen LogP contribution in [0.5, 0.6) is 0 Å². The second kappa shape index (κ2) is 9.08. The number of benzene rings is 1. The number of aliphatic hydroxyl groups is 1. The number of aliphatic hydroxyl groups excluding tert-OH is 1. The molecule has 1 aliphatic heterocycles. The minimum absolute atomic E-state index is 0.299. The molecule has 0 saturated carbocycles. The lowest BCUT2D eigenvalue weighted by Gasteiger charge is -2.38. The van der Waals surface area contributed by atoms with Gasteiger partial charge < -0.3 is 10.0 Å². The zero-order valence-electron chi connectivity index (χ0n) is 16.9. The molecule has 28 heavy (non-hydrogen) atoms. The van der Waals surface area contributed by atoms with Crippen LogP contribution in [0.15, 0.2) is 46.5 Å². The summed E-state index contributed by atoms with van der Waals surface area (Å²) in [6.45, 7) is 13.4. The first-order chi connectivity index (χ1) is 13.5. The Hall–Kier alpha value is -2.57. The van der Waals surface area contributed by atoms with Crippen molar-refractivity contribution in [3.05, 3.63) is 47.7 Å². The molecular weight excluding hydrogens is 350 g/mol. The molecule has 1 aromatic carbocycles. The van der Waals surface area contributed by atoms with Crippen LogP contribution in [0.1, 0.15) is 44.0 Å². The van der Waals surface area contributed by atoms with E-state index < -0.39 is 6.10 Å². The highest BCUT2D eigenvalue weighted by Gasteiger charge is 2.23. The van der Waals surface area contributed by atoms with E-state index in [1.165, 1.54) is 5.56 Å². The molecule has 1 N–H and O–H groups in total. The lowest BCUT2D eigenvalue weighted by molar-refractivity contribution is 0.197. The zero-order chi connectivity index (χ0) is 20.1. The largest absolute Gasteiger partial charge is 0.389 e. The maximum atomic E-state index is 9.63. The number of piperazine rings is 1. The highest BCUT2D eigenvalue weighted by Crippen LogP contribution is 2.32. The van der Waals surface area contributed by atoms with E-state index in [0.717, 1.165) is 48.9 Å². The highest BCUT2D eigenvalue weighted by atomic mass is 16.3. The summed E-state index contributed by atoms with van der Waals surface area (Å²) in [4.78, 5) is 17.8. The van der Waals surface area contributed by atoms with Gasteiger partial charge in [-0.15, -0.1) is 0 Å². The van der Waals surface area contributed by atoms with Crippen LogP contribution in [0.3, 0.4) is 0 Å². The SMILES string of the molecule is C=Nc1cc(C(C)N2CCN(c3ccc(C(C)O)cn3)CC2)ccc1N=CC. The van der Waals surface area contributed by atoms with Crippen LogP contribution < -0.4 is 4.90 Å². The maximum absolute atomic E-state index is 9.63. The van der Waals surface area contributed by atoms with E-state index in [0.29, 0.717) is 6.04 Å². The van der Waals surface area contributed by atoms with Crippen molar-refractivity contribution in [1.29, 1.82) is 0 Å². The lowest BCUT2D eigenvalue weighted by Crippen LogP contribution is -2.47. The summed E-state index contributed by atoms with van der Waals surface area (Å²) < 4.78 is 0. The summed E-state index contributed by atoms with van der Waals surface area (Å²) in [6.07, 6.45) is 3.05. The number of rotatable bonds is 6. The summed E-state index contributed by atoms with van der Waals surface area (Å²) in [6, 6.07) is 10.5. The van der Waals surface area contributed by atoms with Gasteiger partial charge in [0.05, 0.1) is 17.5 Å². The summed E-state index contributed by atoms with van der Waals surface area (Å²) in [7, 11) is 0. The molecule has 2 aromatic rings. The van der Waals surface area contributed by atoms with Crippen molar-refractivity contribution in [3.8, 4) is 0 Å². The van der Waals surface area contributed by atoms with Gasteiger partial charge in [-0.1, -0.05) is 12.1 Å². The number of hydrogen-bond acceptors (Lipinski definition) is 6. The molecule has 3 rings (SSSR count). The smallest absolute Gasteiger partial charge is 0.128 e. The minimum atomic E-state index is -0.483. The van der Waals surface area contributed by atoms with Crippen LogP contribution in [0, 0.1) is 0 Å². The van der Waals surface area contributed by atoms with Crippen LogP contribution in [0.4, 0.5) is 17.2 Å². The molecule has 0 radical (unpaired) electrons. The first-order valence-corrected chi connectivity index (χ1v) is 9.76. The molecule has 0 spiro atoms. The van der Waals surface area contributed by atoms with Crippen molar-refractivity contribution in [2.24, 2.45) is 9.98 Å². The van der Waals surface area contributed by atoms with E-state index in [1.54, 1.807) is 19.3 Å². The number of anilines is 1. The van der Waals surface area contributed by atoms with Gasteiger partial charge in [0.2, 0.25) is 0 Å². The number of aromatic nitrogens is 1. The summed E-state index contributed by atoms with van der Waals surface area (Å²) in [5.74, 6) is 0.969. The summed E-state index contributed by atoms with van der Waals surface area (Å²) in [5.41, 5.74) is 3.75. The quantitative estimate of drug-likeness (QED) is 0.769. The fourth-order valence-electron chi connectivity index (χ4n) is 3.56. The Bertz CT molecular complexity index is 823. The Morgan fingerprint density at radius 3 is 2.36 bits per heavy atom. The van der Waals surface area contributed by atoms with Crippen molar-refractivity contribution in [3.63, 3.8) is 0 Å². The van der Waals surface area contributed by atoms with Gasteiger partial charge >= 0.3 is 0 Å². The number of aliphatic imine (C=N–C) groups is 2. The van der Waals surface area contributed by atoms with E-state index in [-0.39, 0.29) is 0 Å². The van der Waals surface area contributed by atoms with Crippen LogP contribution in [0.2, 0.25) is 0 Å². The zero-order valence-corrected chi connectivity index (χ0v) is 16.9. The molecule has 2 unspecified atom stereocenters. The molecule has 1 aliphatic rings. The number of pyridine rings is 1. The molecule has 2 atom stereocenters. The molecule has 0 bridgehead atoms. The second-order valence-corrected chi connectivity index (χ2v) is 7.12. The van der Waals surface area contributed by atoms with Gasteiger partial charge in [0.25, 0.3) is 0 Å². The summed E-state index contributed by atoms with van der Waals surface area (Å²) >= 11 is 0. The van der Waals surface area contributed by atoms with Crippen LogP contribution >= 0.6 is 0 Å². The van der Waals surface area contributed by atoms with Crippen molar-refractivity contribution in [2.75, 3.05) is 31.1 Å². The van der Waals surface area contributed by atoms with E-state index in [9.17, 15) is 5.11 Å². The van der Waals surface area contributed by atoms with Gasteiger partial charge in [0.1, 0.15) is 5.82 Å². The fraction of sp³-hybridized carbons (Fsp3) is 0.409. The van der Waals surface area contributed by atoms with Gasteiger partial charge in [-0.05, 0) is 56.8 Å². The third kappa shape index (κ3) is 4.46. The minimum Gasteiger partial charge on any atom is -0.389 e. The lowest BCUT2D eigenvalue weighted by atomic mass is 10.0. The van der Waals surface area contributed by atoms with E-state index >= 15 is 0 Å². The molecular formula is C22H29N5O. The van der Waals surface area contributed by atoms with E-state index in [4.69, 9.17) is 0 Å². The van der Waals surface area contributed by atoms with Gasteiger partial charge in [-0.2, -0.15) is 0 Å². The molecule has 1 saturated heterocycles. The highest BCUT2D eigenvalue weighted by molar-refractivity contribution is 5.71. The van der Waals surface area contributed by atoms with E-state index in [1.807, 2.05) is 25.1 Å². The van der Waals surface area contributed by atoms with Crippen molar-refractivity contribution in [1.82, 2.24) is 9.88 Å². The van der Waals surface area contributed by atoms with Gasteiger partial charge in [0.15, 0.2) is 0 Å². The fourth-order valence-corrected chi connectivity index (χ4v) is 3.56. The van der Waals surface area contributed by atoms with Gasteiger partial charge in [-0.25, -0.2) is 4.98 Å². The van der Waals surface area contributed by atoms with Crippen LogP contribution in [0.25, 0.3) is 0 Å². The van der Waals surface area contributed by atoms with Crippen molar-refractivity contribution in [2.45, 2.75) is 32.9 Å². The van der Waals surface area contributed by atoms with E-state index in [2.05, 4.69) is 50.5 Å². The van der Waals surface area contributed by atoms with Crippen molar-refractivity contribution < 1.29 is 5.11 Å². The maximum Gasteiger partial charge on any atom is 0.128 e. The van der Waals surface area contributed by atoms with Gasteiger partial charge in [-0.3, -0.25) is 14.9 Å². The Kier molecular flexibility index (Phi) is 6.54.